The minimum Gasteiger partial charge on any atom is -0.497 e. The molecular formula is C17H18N2O. The van der Waals surface area contributed by atoms with E-state index >= 15 is 0 Å². The molecule has 0 aliphatic carbocycles. The standard InChI is InChI=1S/C17H18N2O/c1-12-9-14(20-2)7-8-16(12)18-10-13-11-19-17-6-4-3-5-15(13)17/h3-9,11,18-19H,10H2,1-2H3. The number of H-pyrrole nitrogens is 1. The van der Waals surface area contributed by atoms with Crippen LogP contribution in [0.25, 0.3) is 10.9 Å². The fourth-order valence-corrected chi connectivity index (χ4v) is 2.43. The van der Waals surface area contributed by atoms with Crippen molar-refractivity contribution < 1.29 is 4.74 Å². The van der Waals surface area contributed by atoms with E-state index in [2.05, 4.69) is 47.7 Å². The number of aromatic nitrogens is 1. The Morgan fingerprint density at radius 2 is 2.00 bits per heavy atom. The first-order chi connectivity index (χ1) is 9.78. The number of fused-ring (bicyclic) bond motifs is 1. The molecule has 0 fully saturated rings. The van der Waals surface area contributed by atoms with Gasteiger partial charge in [-0.3, -0.25) is 0 Å². The van der Waals surface area contributed by atoms with Gasteiger partial charge in [0.05, 0.1) is 7.11 Å². The lowest BCUT2D eigenvalue weighted by atomic mass is 10.1. The maximum Gasteiger partial charge on any atom is 0.119 e. The van der Waals surface area contributed by atoms with Crippen molar-refractivity contribution in [1.82, 2.24) is 4.98 Å². The lowest BCUT2D eigenvalue weighted by Crippen LogP contribution is -2.00. The molecule has 0 radical (unpaired) electrons. The summed E-state index contributed by atoms with van der Waals surface area (Å²) in [6.45, 7) is 2.89. The zero-order valence-electron chi connectivity index (χ0n) is 11.7. The topological polar surface area (TPSA) is 37.0 Å². The van der Waals surface area contributed by atoms with Crippen LogP contribution in [-0.2, 0) is 6.54 Å². The van der Waals surface area contributed by atoms with Crippen LogP contribution in [0.15, 0.2) is 48.7 Å². The third-order valence-corrected chi connectivity index (χ3v) is 3.58. The van der Waals surface area contributed by atoms with Crippen molar-refractivity contribution in [3.05, 3.63) is 59.8 Å². The Bertz CT molecular complexity index is 731. The first kappa shape index (κ1) is 12.6. The molecule has 2 N–H and O–H groups in total. The van der Waals surface area contributed by atoms with Crippen molar-refractivity contribution in [3.63, 3.8) is 0 Å². The molecule has 3 nitrogen and oxygen atoms in total. The third-order valence-electron chi connectivity index (χ3n) is 3.58. The Morgan fingerprint density at radius 3 is 2.80 bits per heavy atom. The van der Waals surface area contributed by atoms with Gasteiger partial charge in [0.2, 0.25) is 0 Å². The highest BCUT2D eigenvalue weighted by atomic mass is 16.5. The van der Waals surface area contributed by atoms with E-state index in [1.165, 1.54) is 22.0 Å². The molecule has 0 spiro atoms. The van der Waals surface area contributed by atoms with Crippen LogP contribution in [0.5, 0.6) is 5.75 Å². The molecular weight excluding hydrogens is 248 g/mol. The molecule has 0 aliphatic heterocycles. The van der Waals surface area contributed by atoms with Crippen molar-refractivity contribution in [2.75, 3.05) is 12.4 Å². The van der Waals surface area contributed by atoms with Crippen molar-refractivity contribution >= 4 is 16.6 Å². The summed E-state index contributed by atoms with van der Waals surface area (Å²) in [6.07, 6.45) is 2.07. The van der Waals surface area contributed by atoms with Crippen LogP contribution >= 0.6 is 0 Å². The first-order valence-corrected chi connectivity index (χ1v) is 6.71. The Balaban J connectivity index is 1.79. The maximum atomic E-state index is 5.23. The molecule has 0 amide bonds. The summed E-state index contributed by atoms with van der Waals surface area (Å²) >= 11 is 0. The second-order valence-electron chi connectivity index (χ2n) is 4.89. The number of aromatic amines is 1. The molecule has 0 aliphatic rings. The molecule has 1 aromatic heterocycles. The van der Waals surface area contributed by atoms with Crippen molar-refractivity contribution in [2.45, 2.75) is 13.5 Å². The summed E-state index contributed by atoms with van der Waals surface area (Å²) in [5.74, 6) is 0.889. The minimum absolute atomic E-state index is 0.803. The van der Waals surface area contributed by atoms with E-state index in [0.717, 1.165) is 18.0 Å². The summed E-state index contributed by atoms with van der Waals surface area (Å²) < 4.78 is 5.23. The predicted octanol–water partition coefficient (Wildman–Crippen LogP) is 4.10. The lowest BCUT2D eigenvalue weighted by Gasteiger charge is -2.10. The minimum atomic E-state index is 0.803. The molecule has 3 heteroatoms. The van der Waals surface area contributed by atoms with Gasteiger partial charge in [-0.15, -0.1) is 0 Å². The average Bonchev–Trinajstić information content (AvgIpc) is 2.89. The fourth-order valence-electron chi connectivity index (χ4n) is 2.43. The summed E-state index contributed by atoms with van der Waals surface area (Å²) in [5.41, 5.74) is 4.77. The number of benzene rings is 2. The van der Waals surface area contributed by atoms with Gasteiger partial charge in [-0.2, -0.15) is 0 Å². The molecule has 2 aromatic carbocycles. The number of hydrogen-bond acceptors (Lipinski definition) is 2. The molecule has 3 rings (SSSR count). The van der Waals surface area contributed by atoms with Crippen molar-refractivity contribution in [1.29, 1.82) is 0 Å². The normalized spacial score (nSPS) is 10.7. The largest absolute Gasteiger partial charge is 0.497 e. The second kappa shape index (κ2) is 5.29. The molecule has 0 saturated heterocycles. The van der Waals surface area contributed by atoms with Crippen LogP contribution in [0.2, 0.25) is 0 Å². The van der Waals surface area contributed by atoms with Crippen LogP contribution in [0.1, 0.15) is 11.1 Å². The summed E-state index contributed by atoms with van der Waals surface area (Å²) in [5, 5.41) is 4.75. The van der Waals surface area contributed by atoms with Crippen LogP contribution in [0, 0.1) is 6.92 Å². The molecule has 0 unspecified atom stereocenters. The number of nitrogens with one attached hydrogen (secondary N) is 2. The number of ether oxygens (including phenoxy) is 1. The predicted molar refractivity (Wildman–Crippen MR) is 83.4 cm³/mol. The third kappa shape index (κ3) is 2.35. The highest BCUT2D eigenvalue weighted by molar-refractivity contribution is 5.83. The van der Waals surface area contributed by atoms with E-state index in [0.29, 0.717) is 0 Å². The smallest absolute Gasteiger partial charge is 0.119 e. The Labute approximate surface area is 118 Å². The van der Waals surface area contributed by atoms with Gasteiger partial charge < -0.3 is 15.0 Å². The van der Waals surface area contributed by atoms with Gasteiger partial charge in [-0.25, -0.2) is 0 Å². The Kier molecular flexibility index (Phi) is 3.33. The Morgan fingerprint density at radius 1 is 1.15 bits per heavy atom. The highest BCUT2D eigenvalue weighted by Crippen LogP contribution is 2.23. The van der Waals surface area contributed by atoms with Crippen LogP contribution in [0.3, 0.4) is 0 Å². The second-order valence-corrected chi connectivity index (χ2v) is 4.89. The fraction of sp³-hybridized carbons (Fsp3) is 0.176. The van der Waals surface area contributed by atoms with E-state index in [1.54, 1.807) is 7.11 Å². The first-order valence-electron chi connectivity index (χ1n) is 6.71. The molecule has 0 bridgehead atoms. The van der Waals surface area contributed by atoms with Gasteiger partial charge in [0.1, 0.15) is 5.75 Å². The number of anilines is 1. The summed E-state index contributed by atoms with van der Waals surface area (Å²) in [7, 11) is 1.69. The van der Waals surface area contributed by atoms with Crippen LogP contribution in [-0.4, -0.2) is 12.1 Å². The van der Waals surface area contributed by atoms with Gasteiger partial charge in [0, 0.05) is 29.3 Å². The number of hydrogen-bond donors (Lipinski definition) is 2. The van der Waals surface area contributed by atoms with Gasteiger partial charge in [-0.05, 0) is 42.3 Å². The average molecular weight is 266 g/mol. The molecule has 1 heterocycles. The monoisotopic (exact) mass is 266 g/mol. The molecule has 20 heavy (non-hydrogen) atoms. The summed E-state index contributed by atoms with van der Waals surface area (Å²) in [6, 6.07) is 14.4. The highest BCUT2D eigenvalue weighted by Gasteiger charge is 2.04. The van der Waals surface area contributed by atoms with E-state index in [1.807, 2.05) is 18.2 Å². The van der Waals surface area contributed by atoms with Gasteiger partial charge >= 0.3 is 0 Å². The number of aryl methyl sites for hydroxylation is 1. The van der Waals surface area contributed by atoms with Crippen LogP contribution in [0.4, 0.5) is 5.69 Å². The number of para-hydroxylation sites is 1. The van der Waals surface area contributed by atoms with Crippen molar-refractivity contribution in [2.24, 2.45) is 0 Å². The molecule has 0 atom stereocenters. The van der Waals surface area contributed by atoms with Gasteiger partial charge in [0.15, 0.2) is 0 Å². The Hall–Kier alpha value is -2.42. The van der Waals surface area contributed by atoms with E-state index in [9.17, 15) is 0 Å². The van der Waals surface area contributed by atoms with E-state index in [4.69, 9.17) is 4.74 Å². The van der Waals surface area contributed by atoms with E-state index < -0.39 is 0 Å². The van der Waals surface area contributed by atoms with E-state index in [-0.39, 0.29) is 0 Å². The zero-order valence-corrected chi connectivity index (χ0v) is 11.7. The van der Waals surface area contributed by atoms with Crippen molar-refractivity contribution in [3.8, 4) is 5.75 Å². The molecule has 3 aromatic rings. The molecule has 102 valence electrons. The lowest BCUT2D eigenvalue weighted by molar-refractivity contribution is 0.414. The van der Waals surface area contributed by atoms with Gasteiger partial charge in [-0.1, -0.05) is 18.2 Å². The number of rotatable bonds is 4. The zero-order chi connectivity index (χ0) is 13.9. The molecule has 0 saturated carbocycles. The number of methoxy groups -OCH3 is 1. The quantitative estimate of drug-likeness (QED) is 0.746. The van der Waals surface area contributed by atoms with Gasteiger partial charge in [0.25, 0.3) is 0 Å². The maximum absolute atomic E-state index is 5.23. The summed E-state index contributed by atoms with van der Waals surface area (Å²) in [4.78, 5) is 3.30. The van der Waals surface area contributed by atoms with Crippen LogP contribution < -0.4 is 10.1 Å². The SMILES string of the molecule is COc1ccc(NCc2c[nH]c3ccccc23)c(C)c1.